The lowest BCUT2D eigenvalue weighted by Gasteiger charge is -2.34. The number of hydrogen-bond acceptors (Lipinski definition) is 7. The van der Waals surface area contributed by atoms with E-state index in [4.69, 9.17) is 4.74 Å². The Morgan fingerprint density at radius 2 is 2.00 bits per heavy atom. The maximum atomic E-state index is 12.3. The molecule has 9 nitrogen and oxygen atoms in total. The van der Waals surface area contributed by atoms with Gasteiger partial charge in [0, 0.05) is 70.5 Å². The van der Waals surface area contributed by atoms with Crippen molar-refractivity contribution >= 4 is 17.8 Å². The van der Waals surface area contributed by atoms with E-state index in [1.807, 2.05) is 4.90 Å². The highest BCUT2D eigenvalue weighted by atomic mass is 16.5. The van der Waals surface area contributed by atoms with Crippen LogP contribution in [0.5, 0.6) is 0 Å². The molecule has 9 heteroatoms. The van der Waals surface area contributed by atoms with Crippen LogP contribution in [-0.2, 0) is 14.3 Å². The lowest BCUT2D eigenvalue weighted by atomic mass is 10.2. The molecule has 2 N–H and O–H groups in total. The average molecular weight is 362 g/mol. The smallest absolute Gasteiger partial charge is 0.225 e. The van der Waals surface area contributed by atoms with E-state index >= 15 is 0 Å². The highest BCUT2D eigenvalue weighted by Gasteiger charge is 2.22. The molecule has 2 amide bonds. The zero-order valence-electron chi connectivity index (χ0n) is 14.9. The van der Waals surface area contributed by atoms with Crippen molar-refractivity contribution < 1.29 is 14.3 Å². The van der Waals surface area contributed by atoms with Gasteiger partial charge in [-0.15, -0.1) is 0 Å². The monoisotopic (exact) mass is 362 g/mol. The predicted molar refractivity (Wildman–Crippen MR) is 95.7 cm³/mol. The number of hydrogen-bond donors (Lipinski definition) is 2. The van der Waals surface area contributed by atoms with Gasteiger partial charge in [-0.05, 0) is 6.07 Å². The van der Waals surface area contributed by atoms with Gasteiger partial charge in [-0.2, -0.15) is 0 Å². The van der Waals surface area contributed by atoms with Gasteiger partial charge in [0.1, 0.15) is 0 Å². The Balaban J connectivity index is 1.32. The number of piperazine rings is 1. The first kappa shape index (κ1) is 18.5. The van der Waals surface area contributed by atoms with Crippen LogP contribution in [-0.4, -0.2) is 85.2 Å². The minimum absolute atomic E-state index is 0.0492. The van der Waals surface area contributed by atoms with E-state index in [9.17, 15) is 9.59 Å². The van der Waals surface area contributed by atoms with Gasteiger partial charge in [0.2, 0.25) is 17.8 Å². The fraction of sp³-hybridized carbons (Fsp3) is 0.647. The molecular weight excluding hydrogens is 336 g/mol. The van der Waals surface area contributed by atoms with E-state index < -0.39 is 0 Å². The van der Waals surface area contributed by atoms with Gasteiger partial charge >= 0.3 is 0 Å². The summed E-state index contributed by atoms with van der Waals surface area (Å²) in [6.07, 6.45) is 4.14. The van der Waals surface area contributed by atoms with Gasteiger partial charge in [-0.25, -0.2) is 9.97 Å². The molecule has 2 fully saturated rings. The van der Waals surface area contributed by atoms with Crippen LogP contribution in [0.15, 0.2) is 18.5 Å². The van der Waals surface area contributed by atoms with Gasteiger partial charge in [0.15, 0.2) is 0 Å². The number of ether oxygens (including phenoxy) is 1. The highest BCUT2D eigenvalue weighted by Crippen LogP contribution is 2.10. The molecule has 1 atom stereocenters. The third-order valence-corrected chi connectivity index (χ3v) is 4.56. The first-order valence-electron chi connectivity index (χ1n) is 9.10. The number of morpholine rings is 1. The summed E-state index contributed by atoms with van der Waals surface area (Å²) in [5.74, 6) is 0.720. The molecule has 0 radical (unpaired) electrons. The molecule has 2 saturated heterocycles. The van der Waals surface area contributed by atoms with E-state index in [1.165, 1.54) is 0 Å². The summed E-state index contributed by atoms with van der Waals surface area (Å²) in [6, 6.07) is 1.85. The van der Waals surface area contributed by atoms with Gasteiger partial charge in [-0.3, -0.25) is 9.59 Å². The molecule has 1 unspecified atom stereocenters. The minimum atomic E-state index is -0.0492. The maximum Gasteiger partial charge on any atom is 0.225 e. The van der Waals surface area contributed by atoms with Gasteiger partial charge < -0.3 is 25.2 Å². The molecule has 1 aromatic heterocycles. The lowest BCUT2D eigenvalue weighted by molar-refractivity contribution is -0.131. The van der Waals surface area contributed by atoms with Crippen molar-refractivity contribution in [2.45, 2.75) is 18.9 Å². The molecule has 0 spiro atoms. The van der Waals surface area contributed by atoms with Crippen molar-refractivity contribution in [3.8, 4) is 0 Å². The van der Waals surface area contributed by atoms with E-state index in [0.717, 1.165) is 19.6 Å². The van der Waals surface area contributed by atoms with Crippen molar-refractivity contribution in [3.05, 3.63) is 18.5 Å². The normalized spacial score (nSPS) is 20.7. The number of nitrogens with zero attached hydrogens (tertiary/aromatic N) is 4. The van der Waals surface area contributed by atoms with Gasteiger partial charge in [0.05, 0.1) is 13.2 Å². The van der Waals surface area contributed by atoms with Crippen LogP contribution in [0.3, 0.4) is 0 Å². The van der Waals surface area contributed by atoms with Crippen molar-refractivity contribution in [1.29, 1.82) is 0 Å². The van der Waals surface area contributed by atoms with Crippen molar-refractivity contribution in [2.24, 2.45) is 0 Å². The van der Waals surface area contributed by atoms with Crippen LogP contribution >= 0.6 is 0 Å². The number of amides is 2. The molecule has 142 valence electrons. The van der Waals surface area contributed by atoms with Crippen LogP contribution in [0.25, 0.3) is 0 Å². The number of aromatic nitrogens is 2. The Bertz CT molecular complexity index is 585. The summed E-state index contributed by atoms with van der Waals surface area (Å²) in [5, 5.41) is 6.06. The zero-order chi connectivity index (χ0) is 18.2. The van der Waals surface area contributed by atoms with Crippen LogP contribution in [0, 0.1) is 0 Å². The third-order valence-electron chi connectivity index (χ3n) is 4.56. The zero-order valence-corrected chi connectivity index (χ0v) is 14.9. The van der Waals surface area contributed by atoms with Crippen molar-refractivity contribution in [3.63, 3.8) is 0 Å². The first-order chi connectivity index (χ1) is 12.7. The largest absolute Gasteiger partial charge is 0.378 e. The molecule has 0 saturated carbocycles. The van der Waals surface area contributed by atoms with Crippen molar-refractivity contribution in [1.82, 2.24) is 25.5 Å². The fourth-order valence-electron chi connectivity index (χ4n) is 3.12. The Labute approximate surface area is 153 Å². The fourth-order valence-corrected chi connectivity index (χ4v) is 3.12. The summed E-state index contributed by atoms with van der Waals surface area (Å²) < 4.78 is 5.33. The molecule has 3 rings (SSSR count). The summed E-state index contributed by atoms with van der Waals surface area (Å²) in [5.41, 5.74) is 0. The SMILES string of the molecule is O=C(CC1COCCN1)NCCC(=O)N1CCN(c2ncccn2)CC1. The van der Waals surface area contributed by atoms with Crippen LogP contribution in [0.4, 0.5) is 5.95 Å². The molecule has 3 heterocycles. The first-order valence-corrected chi connectivity index (χ1v) is 9.10. The Hall–Kier alpha value is -2.26. The quantitative estimate of drug-likeness (QED) is 0.670. The van der Waals surface area contributed by atoms with Gasteiger partial charge in [-0.1, -0.05) is 0 Å². The Morgan fingerprint density at radius 3 is 2.69 bits per heavy atom. The molecule has 1 aromatic rings. The summed E-state index contributed by atoms with van der Waals surface area (Å²) >= 11 is 0. The molecule has 0 aliphatic carbocycles. The minimum Gasteiger partial charge on any atom is -0.378 e. The van der Waals surface area contributed by atoms with E-state index in [2.05, 4.69) is 25.5 Å². The van der Waals surface area contributed by atoms with Gasteiger partial charge in [0.25, 0.3) is 0 Å². The van der Waals surface area contributed by atoms with E-state index in [0.29, 0.717) is 51.6 Å². The summed E-state index contributed by atoms with van der Waals surface area (Å²) in [7, 11) is 0. The second-order valence-corrected chi connectivity index (χ2v) is 6.45. The number of nitrogens with one attached hydrogen (secondary N) is 2. The average Bonchev–Trinajstić information content (AvgIpc) is 2.69. The number of carbonyl (C=O) groups is 2. The molecule has 26 heavy (non-hydrogen) atoms. The second-order valence-electron chi connectivity index (χ2n) is 6.45. The predicted octanol–water partition coefficient (Wildman–Crippen LogP) is -0.990. The lowest BCUT2D eigenvalue weighted by Crippen LogP contribution is -2.49. The summed E-state index contributed by atoms with van der Waals surface area (Å²) in [6.45, 7) is 5.12. The number of rotatable bonds is 6. The standard InChI is InChI=1S/C17H26N6O3/c24-15(12-14-13-26-11-6-18-14)19-5-2-16(25)22-7-9-23(10-8-22)17-20-3-1-4-21-17/h1,3-4,14,18H,2,5-13H2,(H,19,24). The highest BCUT2D eigenvalue weighted by molar-refractivity contribution is 5.79. The Kier molecular flexibility index (Phi) is 6.73. The van der Waals surface area contributed by atoms with Crippen LogP contribution in [0.2, 0.25) is 0 Å². The molecular formula is C17H26N6O3. The van der Waals surface area contributed by atoms with Crippen LogP contribution in [0.1, 0.15) is 12.8 Å². The maximum absolute atomic E-state index is 12.3. The second kappa shape index (κ2) is 9.44. The number of carbonyl (C=O) groups excluding carboxylic acids is 2. The molecule has 2 aliphatic rings. The Morgan fingerprint density at radius 1 is 1.23 bits per heavy atom. The summed E-state index contributed by atoms with van der Waals surface area (Å²) in [4.78, 5) is 36.6. The van der Waals surface area contributed by atoms with E-state index in [-0.39, 0.29) is 17.9 Å². The molecule has 0 bridgehead atoms. The van der Waals surface area contributed by atoms with Crippen molar-refractivity contribution in [2.75, 3.05) is 57.4 Å². The topological polar surface area (TPSA) is 99.7 Å². The molecule has 0 aromatic carbocycles. The van der Waals surface area contributed by atoms with Crippen LogP contribution < -0.4 is 15.5 Å². The number of anilines is 1. The third kappa shape index (κ3) is 5.37. The van der Waals surface area contributed by atoms with E-state index in [1.54, 1.807) is 18.5 Å². The molecule has 2 aliphatic heterocycles.